The van der Waals surface area contributed by atoms with Crippen LogP contribution in [-0.4, -0.2) is 80.0 Å². The van der Waals surface area contributed by atoms with Crippen LogP contribution in [0.1, 0.15) is 92.6 Å². The Morgan fingerprint density at radius 2 is 1.31 bits per heavy atom. The third-order valence-electron chi connectivity index (χ3n) is 11.1. The number of aryl methyl sites for hydroxylation is 2. The first-order valence-corrected chi connectivity index (χ1v) is 26.8. The summed E-state index contributed by atoms with van der Waals surface area (Å²) in [5, 5.41) is 17.9. The summed E-state index contributed by atoms with van der Waals surface area (Å²) in [5.41, 5.74) is 19.4. The largest absolute Gasteiger partial charge is 0.480 e. The lowest BCUT2D eigenvalue weighted by atomic mass is 10.0. The number of nitrogens with zero attached hydrogens (tertiary/aromatic N) is 3. The van der Waals surface area contributed by atoms with Crippen LogP contribution < -0.4 is 33.2 Å². The highest BCUT2D eigenvalue weighted by molar-refractivity contribution is 9.14. The van der Waals surface area contributed by atoms with Crippen molar-refractivity contribution in [3.8, 4) is 0 Å². The van der Waals surface area contributed by atoms with E-state index in [1.165, 1.54) is 9.78 Å². The second kappa shape index (κ2) is 26.0. The van der Waals surface area contributed by atoms with Crippen molar-refractivity contribution in [1.82, 2.24) is 30.8 Å². The molecule has 6 atom stereocenters. The summed E-state index contributed by atoms with van der Waals surface area (Å²) in [6.45, 7) is 13.6. The van der Waals surface area contributed by atoms with Crippen molar-refractivity contribution < 1.29 is 33.8 Å². The maximum Gasteiger partial charge on any atom is 0.411 e. The first-order chi connectivity index (χ1) is 31.8. The lowest BCUT2D eigenvalue weighted by molar-refractivity contribution is -0.142. The average molecular weight is 1240 g/mol. The van der Waals surface area contributed by atoms with E-state index < -0.39 is 35.8 Å². The quantitative estimate of drug-likeness (QED) is 0.0663. The molecule has 16 nitrogen and oxygen atoms in total. The van der Waals surface area contributed by atoms with Gasteiger partial charge in [-0.05, 0) is 198 Å². The molecule has 2 fully saturated rings. The number of hydrogen-bond donors (Lipinski definition) is 7. The number of aromatic nitrogens is 2. The molecule has 4 aromatic rings. The molecule has 6 rings (SSSR count). The molecule has 0 spiro atoms. The van der Waals surface area contributed by atoms with Crippen molar-refractivity contribution in [3.63, 3.8) is 0 Å². The minimum Gasteiger partial charge on any atom is -0.480 e. The van der Waals surface area contributed by atoms with Crippen molar-refractivity contribution in [1.29, 1.82) is 0 Å². The molecular weight excluding hydrogens is 1170 g/mol. The van der Waals surface area contributed by atoms with Gasteiger partial charge in [0, 0.05) is 55.6 Å². The van der Waals surface area contributed by atoms with Gasteiger partial charge in [0.2, 0.25) is 17.7 Å². The van der Waals surface area contributed by atoms with E-state index >= 15 is 0 Å². The number of aliphatic carboxylic acids is 1. The zero-order valence-electron chi connectivity index (χ0n) is 39.1. The summed E-state index contributed by atoms with van der Waals surface area (Å²) in [4.78, 5) is 72.1. The van der Waals surface area contributed by atoms with Crippen LogP contribution in [0.25, 0.3) is 0 Å². The molecule has 1 saturated carbocycles. The Bertz CT molecular complexity index is 2370. The fraction of sp³-hybridized carbons (Fsp3) is 0.500. The molecule has 10 N–H and O–H groups in total. The molecule has 0 radical (unpaired) electrons. The number of nitrogens with two attached hydrogens (primary N) is 3. The van der Waals surface area contributed by atoms with Gasteiger partial charge in [-0.25, -0.2) is 19.6 Å². The van der Waals surface area contributed by atoms with E-state index in [1.807, 2.05) is 32.0 Å². The smallest absolute Gasteiger partial charge is 0.411 e. The fourth-order valence-electron chi connectivity index (χ4n) is 7.55. The third kappa shape index (κ3) is 17.9. The maximum absolute atomic E-state index is 12.7. The molecule has 1 saturated heterocycles. The van der Waals surface area contributed by atoms with E-state index in [2.05, 4.69) is 95.7 Å². The van der Waals surface area contributed by atoms with E-state index in [9.17, 15) is 29.1 Å². The van der Waals surface area contributed by atoms with Crippen LogP contribution >= 0.6 is 86.4 Å². The normalized spacial score (nSPS) is 18.6. The van der Waals surface area contributed by atoms with Crippen LogP contribution in [0.2, 0.25) is 0 Å². The number of nitrogens with one attached hydrogen (secondary N) is 3. The molecule has 4 aromatic heterocycles. The second-order valence-electron chi connectivity index (χ2n) is 18.0. The van der Waals surface area contributed by atoms with Crippen LogP contribution in [0.5, 0.6) is 0 Å². The molecule has 5 heterocycles. The van der Waals surface area contributed by atoms with Crippen LogP contribution in [0, 0.1) is 31.6 Å². The van der Waals surface area contributed by atoms with Gasteiger partial charge in [0.05, 0.1) is 13.6 Å². The molecule has 372 valence electrons. The monoisotopic (exact) mass is 1230 g/mol. The average Bonchev–Trinajstić information content (AvgIpc) is 4.03. The summed E-state index contributed by atoms with van der Waals surface area (Å²) < 4.78 is 9.54. The van der Waals surface area contributed by atoms with Crippen LogP contribution in [-0.2, 0) is 49.8 Å². The standard InChI is InChI=1S/C21H26Br2N4O2S.C15H19Br2NO4S.C10H16N4O/c1-11-15(5-6-18(24)26-11)10-25-20(28)12(2)27-21(29)14-4-3-13(7-14)8-16-9-17(22)19(23)30-16;1-15(2,3)22-14(21)18-7-8(5-11(18)13(19)20)4-9-6-10(16)12(17)23-9;1-6(11)10(15)13-5-8-3-4-9(12)14-7(8)2/h5-6,9,12-14H,3-4,7-8,10H2,1-2H3,(H2,24,26)(H,25,28)(H,27,29);6,8,11H,4-5,7H2,1-3H3,(H,19,20);3-4,6H,5,11H2,1-2H3,(H2,12,14)(H,13,15)/t12-,13+,14+;8-,11+;6-/m000/s1. The predicted octanol–water partition coefficient (Wildman–Crippen LogP) is 8.80. The number of carbonyl (C=O) groups is 5. The number of likely N-dealkylation sites (tertiary alicyclic amines) is 1. The van der Waals surface area contributed by atoms with E-state index in [0.717, 1.165) is 76.0 Å². The van der Waals surface area contributed by atoms with Crippen molar-refractivity contribution in [2.75, 3.05) is 18.0 Å². The van der Waals surface area contributed by atoms with E-state index in [-0.39, 0.29) is 29.6 Å². The number of rotatable bonds is 13. The molecule has 1 aliphatic carbocycles. The first kappa shape index (κ1) is 56.9. The predicted molar refractivity (Wildman–Crippen MR) is 282 cm³/mol. The minimum atomic E-state index is -0.980. The van der Waals surface area contributed by atoms with E-state index in [0.29, 0.717) is 43.6 Å². The summed E-state index contributed by atoms with van der Waals surface area (Å²) in [6.07, 6.45) is 4.40. The Labute approximate surface area is 439 Å². The molecular formula is C46H61Br4N9O7S2. The van der Waals surface area contributed by atoms with E-state index in [1.54, 1.807) is 69.4 Å². The van der Waals surface area contributed by atoms with Gasteiger partial charge in [-0.15, -0.1) is 22.7 Å². The Morgan fingerprint density at radius 3 is 1.75 bits per heavy atom. The summed E-state index contributed by atoms with van der Waals surface area (Å²) >= 11 is 17.3. The number of ether oxygens (including phenoxy) is 1. The van der Waals surface area contributed by atoms with Crippen molar-refractivity contribution in [2.24, 2.45) is 23.5 Å². The van der Waals surface area contributed by atoms with Gasteiger partial charge >= 0.3 is 12.1 Å². The number of amides is 4. The Hall–Kier alpha value is -3.67. The van der Waals surface area contributed by atoms with Gasteiger partial charge in [0.15, 0.2) is 0 Å². The van der Waals surface area contributed by atoms with E-state index in [4.69, 9.17) is 21.9 Å². The molecule has 2 aliphatic rings. The molecule has 1 aliphatic heterocycles. The van der Waals surface area contributed by atoms with Gasteiger partial charge in [-0.3, -0.25) is 19.3 Å². The number of carboxylic acids is 1. The Balaban J connectivity index is 0.000000236. The van der Waals surface area contributed by atoms with Crippen molar-refractivity contribution in [2.45, 2.75) is 124 Å². The summed E-state index contributed by atoms with van der Waals surface area (Å²) in [7, 11) is 0. The molecule has 0 aromatic carbocycles. The highest BCUT2D eigenvalue weighted by Crippen LogP contribution is 2.39. The lowest BCUT2D eigenvalue weighted by Gasteiger charge is -2.26. The van der Waals surface area contributed by atoms with Crippen LogP contribution in [0.15, 0.2) is 52.9 Å². The number of thiophene rings is 2. The number of anilines is 2. The lowest BCUT2D eigenvalue weighted by Crippen LogP contribution is -2.46. The molecule has 68 heavy (non-hydrogen) atoms. The zero-order chi connectivity index (χ0) is 50.6. The number of nitrogen functional groups attached to an aromatic ring is 2. The van der Waals surface area contributed by atoms with Gasteiger partial charge in [-0.2, -0.15) is 0 Å². The summed E-state index contributed by atoms with van der Waals surface area (Å²) in [5.74, 6) is 0.136. The SMILES string of the molecule is CC(C)(C)OC(=O)N1C[C@@H](Cc2cc(Br)c(Br)s2)C[C@@H]1C(=O)O.Cc1nc(N)ccc1CNC(=O)[C@H](C)N.Cc1nc(N)ccc1CNC(=O)[C@H](C)NC(=O)[C@@H]1CC[C@@H](Cc2cc(Br)c(Br)s2)C1. The Kier molecular flexibility index (Phi) is 21.7. The second-order valence-corrected chi connectivity index (χ2v) is 24.6. The molecule has 22 heteroatoms. The highest BCUT2D eigenvalue weighted by Gasteiger charge is 2.41. The van der Waals surface area contributed by atoms with Gasteiger partial charge < -0.3 is 43.0 Å². The number of pyridine rings is 2. The number of carboxylic acid groups (broad SMARTS) is 1. The number of carbonyl (C=O) groups excluding carboxylic acids is 4. The van der Waals surface area contributed by atoms with Gasteiger partial charge in [0.25, 0.3) is 0 Å². The maximum atomic E-state index is 12.7. The zero-order valence-corrected chi connectivity index (χ0v) is 47.1. The minimum absolute atomic E-state index is 0.0272. The fourth-order valence-corrected chi connectivity index (χ4v) is 12.1. The molecule has 0 bridgehead atoms. The first-order valence-electron chi connectivity index (χ1n) is 21.9. The topological polar surface area (TPSA) is 258 Å². The van der Waals surface area contributed by atoms with Gasteiger partial charge in [-0.1, -0.05) is 12.1 Å². The van der Waals surface area contributed by atoms with Crippen LogP contribution in [0.3, 0.4) is 0 Å². The number of halogens is 4. The Morgan fingerprint density at radius 1 is 0.809 bits per heavy atom. The number of hydrogen-bond acceptors (Lipinski definition) is 13. The van der Waals surface area contributed by atoms with Crippen molar-refractivity contribution in [3.05, 3.63) is 85.2 Å². The molecule has 4 amide bonds. The van der Waals surface area contributed by atoms with Gasteiger partial charge in [0.1, 0.15) is 29.3 Å². The highest BCUT2D eigenvalue weighted by atomic mass is 79.9. The third-order valence-corrected chi connectivity index (χ3v) is 17.6. The van der Waals surface area contributed by atoms with Crippen molar-refractivity contribution >= 4 is 128 Å². The summed E-state index contributed by atoms with van der Waals surface area (Å²) in [6, 6.07) is 9.40. The molecule has 0 unspecified atom stereocenters. The van der Waals surface area contributed by atoms with Crippen LogP contribution in [0.4, 0.5) is 16.4 Å².